The van der Waals surface area contributed by atoms with Crippen LogP contribution >= 0.6 is 0 Å². The Morgan fingerprint density at radius 3 is 2.40 bits per heavy atom. The van der Waals surface area contributed by atoms with Gasteiger partial charge in [0.25, 0.3) is 0 Å². The van der Waals surface area contributed by atoms with Crippen LogP contribution < -0.4 is 5.32 Å². The lowest BCUT2D eigenvalue weighted by Crippen LogP contribution is -2.21. The summed E-state index contributed by atoms with van der Waals surface area (Å²) in [6.07, 6.45) is 0.0863. The number of hydrogen-bond donors (Lipinski definition) is 1. The minimum absolute atomic E-state index is 0.0863. The van der Waals surface area contributed by atoms with Gasteiger partial charge in [0.15, 0.2) is 11.6 Å². The Bertz CT molecular complexity index is 613. The number of benzene rings is 2. The molecule has 0 spiro atoms. The first-order valence-corrected chi connectivity index (χ1v) is 6.08. The number of nitrogens with one attached hydrogen (secondary N) is 1. The van der Waals surface area contributed by atoms with E-state index in [-0.39, 0.29) is 17.5 Å². The van der Waals surface area contributed by atoms with E-state index in [1.807, 2.05) is 0 Å². The number of likely N-dealkylation sites (N-methyl/N-ethyl adjacent to an activating group) is 1. The van der Waals surface area contributed by atoms with Gasteiger partial charge in [-0.25, -0.2) is 17.6 Å². The standard InChI is InChI=1S/C15H13F4N/c1-20-14(11-3-2-4-12(17)15(11)19)7-9-5-6-10(16)8-13(9)18/h2-6,8,14,20H,7H2,1H3. The first kappa shape index (κ1) is 14.5. The fourth-order valence-electron chi connectivity index (χ4n) is 2.06. The molecule has 0 heterocycles. The van der Waals surface area contributed by atoms with Crippen LogP contribution in [-0.2, 0) is 6.42 Å². The number of hydrogen-bond acceptors (Lipinski definition) is 1. The van der Waals surface area contributed by atoms with Gasteiger partial charge < -0.3 is 5.32 Å². The fourth-order valence-corrected chi connectivity index (χ4v) is 2.06. The Hall–Kier alpha value is -1.88. The minimum Gasteiger partial charge on any atom is -0.313 e. The van der Waals surface area contributed by atoms with Gasteiger partial charge in [0.2, 0.25) is 0 Å². The van der Waals surface area contributed by atoms with Crippen molar-refractivity contribution >= 4 is 0 Å². The summed E-state index contributed by atoms with van der Waals surface area (Å²) >= 11 is 0. The summed E-state index contributed by atoms with van der Waals surface area (Å²) in [4.78, 5) is 0. The summed E-state index contributed by atoms with van der Waals surface area (Å²) in [6, 6.07) is 6.43. The number of halogens is 4. The maximum atomic E-state index is 13.7. The average molecular weight is 283 g/mol. The van der Waals surface area contributed by atoms with Gasteiger partial charge in [-0.05, 0) is 31.2 Å². The summed E-state index contributed by atoms with van der Waals surface area (Å²) in [7, 11) is 1.57. The largest absolute Gasteiger partial charge is 0.313 e. The molecule has 0 aromatic heterocycles. The third-order valence-corrected chi connectivity index (χ3v) is 3.14. The molecule has 0 aliphatic heterocycles. The maximum absolute atomic E-state index is 13.7. The van der Waals surface area contributed by atoms with Crippen molar-refractivity contribution in [3.63, 3.8) is 0 Å². The average Bonchev–Trinajstić information content (AvgIpc) is 2.42. The molecular weight excluding hydrogens is 270 g/mol. The molecular formula is C15H13F4N. The normalized spacial score (nSPS) is 12.4. The van der Waals surface area contributed by atoms with Crippen LogP contribution in [0.5, 0.6) is 0 Å². The first-order valence-electron chi connectivity index (χ1n) is 6.08. The Morgan fingerprint density at radius 2 is 1.75 bits per heavy atom. The van der Waals surface area contributed by atoms with Crippen molar-refractivity contribution in [2.75, 3.05) is 7.05 Å². The second kappa shape index (κ2) is 6.05. The van der Waals surface area contributed by atoms with Crippen LogP contribution in [0.3, 0.4) is 0 Å². The van der Waals surface area contributed by atoms with Crippen LogP contribution in [0, 0.1) is 23.3 Å². The molecule has 0 aliphatic rings. The van der Waals surface area contributed by atoms with Crippen molar-refractivity contribution in [1.82, 2.24) is 5.32 Å². The van der Waals surface area contributed by atoms with Gasteiger partial charge >= 0.3 is 0 Å². The molecule has 1 atom stereocenters. The summed E-state index contributed by atoms with van der Waals surface area (Å²) in [6.45, 7) is 0. The van der Waals surface area contributed by atoms with Crippen LogP contribution in [-0.4, -0.2) is 7.05 Å². The van der Waals surface area contributed by atoms with E-state index in [1.54, 1.807) is 7.05 Å². The molecule has 0 saturated carbocycles. The highest BCUT2D eigenvalue weighted by Gasteiger charge is 2.18. The predicted molar refractivity (Wildman–Crippen MR) is 68.2 cm³/mol. The zero-order chi connectivity index (χ0) is 14.7. The molecule has 0 amide bonds. The third-order valence-electron chi connectivity index (χ3n) is 3.14. The molecule has 0 radical (unpaired) electrons. The molecule has 2 rings (SSSR count). The highest BCUT2D eigenvalue weighted by atomic mass is 19.2. The lowest BCUT2D eigenvalue weighted by Gasteiger charge is -2.18. The van der Waals surface area contributed by atoms with Gasteiger partial charge in [-0.15, -0.1) is 0 Å². The Balaban J connectivity index is 2.31. The van der Waals surface area contributed by atoms with E-state index in [1.165, 1.54) is 18.2 Å². The Morgan fingerprint density at radius 1 is 1.00 bits per heavy atom. The van der Waals surface area contributed by atoms with Crippen LogP contribution in [0.1, 0.15) is 17.2 Å². The first-order chi connectivity index (χ1) is 9.52. The number of rotatable bonds is 4. The molecule has 106 valence electrons. The van der Waals surface area contributed by atoms with Crippen molar-refractivity contribution in [2.45, 2.75) is 12.5 Å². The smallest absolute Gasteiger partial charge is 0.163 e. The maximum Gasteiger partial charge on any atom is 0.163 e. The van der Waals surface area contributed by atoms with E-state index in [2.05, 4.69) is 5.32 Å². The van der Waals surface area contributed by atoms with Crippen LogP contribution in [0.4, 0.5) is 17.6 Å². The van der Waals surface area contributed by atoms with Gasteiger partial charge in [-0.3, -0.25) is 0 Å². The molecule has 1 unspecified atom stereocenters. The van der Waals surface area contributed by atoms with E-state index >= 15 is 0 Å². The molecule has 0 aliphatic carbocycles. The van der Waals surface area contributed by atoms with Gasteiger partial charge in [0, 0.05) is 17.7 Å². The van der Waals surface area contributed by atoms with E-state index in [4.69, 9.17) is 0 Å². The topological polar surface area (TPSA) is 12.0 Å². The summed E-state index contributed by atoms with van der Waals surface area (Å²) in [5.41, 5.74) is 0.339. The third kappa shape index (κ3) is 2.99. The molecule has 1 nitrogen and oxygen atoms in total. The fraction of sp³-hybridized carbons (Fsp3) is 0.200. The van der Waals surface area contributed by atoms with Gasteiger partial charge in [-0.2, -0.15) is 0 Å². The van der Waals surface area contributed by atoms with Crippen molar-refractivity contribution < 1.29 is 17.6 Å². The monoisotopic (exact) mass is 283 g/mol. The van der Waals surface area contributed by atoms with E-state index in [0.29, 0.717) is 0 Å². The molecule has 1 N–H and O–H groups in total. The highest BCUT2D eigenvalue weighted by molar-refractivity contribution is 5.27. The molecule has 2 aromatic carbocycles. The van der Waals surface area contributed by atoms with Gasteiger partial charge in [-0.1, -0.05) is 18.2 Å². The molecule has 2 aromatic rings. The van der Waals surface area contributed by atoms with Crippen molar-refractivity contribution in [3.05, 3.63) is 70.8 Å². The quantitative estimate of drug-likeness (QED) is 0.843. The SMILES string of the molecule is CNC(Cc1ccc(F)cc1F)c1cccc(F)c1F. The van der Waals surface area contributed by atoms with Crippen LogP contribution in [0.25, 0.3) is 0 Å². The molecule has 20 heavy (non-hydrogen) atoms. The lowest BCUT2D eigenvalue weighted by molar-refractivity contribution is 0.469. The predicted octanol–water partition coefficient (Wildman–Crippen LogP) is 3.75. The highest BCUT2D eigenvalue weighted by Crippen LogP contribution is 2.24. The van der Waals surface area contributed by atoms with Gasteiger partial charge in [0.1, 0.15) is 11.6 Å². The summed E-state index contributed by atoms with van der Waals surface area (Å²) < 4.78 is 53.4. The molecule has 0 bridgehead atoms. The van der Waals surface area contributed by atoms with Crippen LogP contribution in [0.15, 0.2) is 36.4 Å². The zero-order valence-electron chi connectivity index (χ0n) is 10.8. The zero-order valence-corrected chi connectivity index (χ0v) is 10.8. The molecule has 0 fully saturated rings. The van der Waals surface area contributed by atoms with Crippen LogP contribution in [0.2, 0.25) is 0 Å². The van der Waals surface area contributed by atoms with Crippen molar-refractivity contribution in [2.24, 2.45) is 0 Å². The second-order valence-corrected chi connectivity index (χ2v) is 4.42. The van der Waals surface area contributed by atoms with Gasteiger partial charge in [0.05, 0.1) is 0 Å². The Kier molecular flexibility index (Phi) is 4.39. The summed E-state index contributed by atoms with van der Waals surface area (Å²) in [5.74, 6) is -3.30. The van der Waals surface area contributed by atoms with Crippen molar-refractivity contribution in [1.29, 1.82) is 0 Å². The minimum atomic E-state index is -0.964. The summed E-state index contributed by atoms with van der Waals surface area (Å²) in [5, 5.41) is 2.81. The molecule has 0 saturated heterocycles. The van der Waals surface area contributed by atoms with E-state index < -0.39 is 29.3 Å². The van der Waals surface area contributed by atoms with E-state index in [9.17, 15) is 17.6 Å². The molecule has 5 heteroatoms. The Labute approximate surface area is 114 Å². The second-order valence-electron chi connectivity index (χ2n) is 4.42. The van der Waals surface area contributed by atoms with E-state index in [0.717, 1.165) is 18.2 Å². The van der Waals surface area contributed by atoms with Crippen molar-refractivity contribution in [3.8, 4) is 0 Å². The lowest BCUT2D eigenvalue weighted by atomic mass is 9.98.